The molecule has 0 saturated heterocycles. The molecule has 0 bridgehead atoms. The van der Waals surface area contributed by atoms with Crippen molar-refractivity contribution in [2.75, 3.05) is 6.54 Å². The lowest BCUT2D eigenvalue weighted by Gasteiger charge is -2.11. The Morgan fingerprint density at radius 2 is 2.00 bits per heavy atom. The van der Waals surface area contributed by atoms with E-state index in [1.54, 1.807) is 30.3 Å². The summed E-state index contributed by atoms with van der Waals surface area (Å²) in [5.41, 5.74) is 1.48. The summed E-state index contributed by atoms with van der Waals surface area (Å²) >= 11 is 0. The lowest BCUT2D eigenvalue weighted by molar-refractivity contribution is 0.0911. The molecule has 1 heterocycles. The smallest absolute Gasteiger partial charge is 0.271 e. The van der Waals surface area contributed by atoms with Gasteiger partial charge in [-0.05, 0) is 23.8 Å². The molecule has 0 spiro atoms. The number of ether oxygens (including phenoxy) is 1. The predicted molar refractivity (Wildman–Crippen MR) is 93.1 cm³/mol. The fraction of sp³-hybridized carbons (Fsp3) is 0.158. The molecule has 3 N–H and O–H groups in total. The molecule has 6 nitrogen and oxygen atoms in total. The average molecular weight is 355 g/mol. The first-order chi connectivity index (χ1) is 12.6. The Labute approximate surface area is 149 Å². The number of aromatic nitrogens is 2. The topological polar surface area (TPSA) is 87.2 Å². The van der Waals surface area contributed by atoms with Crippen LogP contribution in [0.1, 0.15) is 27.8 Å². The first kappa shape index (κ1) is 17.6. The minimum atomic E-state index is -0.796. The fourth-order valence-electron chi connectivity index (χ4n) is 2.34. The molecule has 0 unspecified atom stereocenters. The number of carbonyl (C=O) groups is 1. The second-order valence-electron chi connectivity index (χ2n) is 5.66. The Balaban J connectivity index is 1.51. The van der Waals surface area contributed by atoms with Crippen molar-refractivity contribution < 1.29 is 19.0 Å². The van der Waals surface area contributed by atoms with Gasteiger partial charge in [-0.3, -0.25) is 9.89 Å². The summed E-state index contributed by atoms with van der Waals surface area (Å²) in [6.45, 7) is 0.196. The highest BCUT2D eigenvalue weighted by Gasteiger charge is 2.13. The number of rotatable bonds is 7. The van der Waals surface area contributed by atoms with Gasteiger partial charge in [-0.1, -0.05) is 36.4 Å². The van der Waals surface area contributed by atoms with Crippen molar-refractivity contribution in [3.63, 3.8) is 0 Å². The summed E-state index contributed by atoms with van der Waals surface area (Å²) in [6.07, 6.45) is -0.796. The van der Waals surface area contributed by atoms with Crippen molar-refractivity contribution in [3.05, 3.63) is 83.4 Å². The SMILES string of the molecule is O=C(NC[C@H](O)c1ccccc1)c1cc(COc2cccc(F)c2)[nH]n1. The molecule has 26 heavy (non-hydrogen) atoms. The molecule has 0 aliphatic carbocycles. The second-order valence-corrected chi connectivity index (χ2v) is 5.66. The summed E-state index contributed by atoms with van der Waals surface area (Å²) in [5, 5.41) is 19.3. The molecular weight excluding hydrogens is 337 g/mol. The van der Waals surface area contributed by atoms with Crippen LogP contribution in [-0.4, -0.2) is 27.8 Å². The van der Waals surface area contributed by atoms with Crippen LogP contribution in [0.3, 0.4) is 0 Å². The first-order valence-corrected chi connectivity index (χ1v) is 8.05. The average Bonchev–Trinajstić information content (AvgIpc) is 3.14. The number of nitrogens with one attached hydrogen (secondary N) is 2. The highest BCUT2D eigenvalue weighted by molar-refractivity contribution is 5.92. The molecule has 0 aliphatic heterocycles. The molecule has 0 fully saturated rings. The van der Waals surface area contributed by atoms with Crippen LogP contribution in [0.15, 0.2) is 60.7 Å². The number of benzene rings is 2. The van der Waals surface area contributed by atoms with E-state index in [9.17, 15) is 14.3 Å². The van der Waals surface area contributed by atoms with Gasteiger partial charge in [-0.2, -0.15) is 5.10 Å². The molecule has 0 radical (unpaired) electrons. The minimum Gasteiger partial charge on any atom is -0.487 e. The van der Waals surface area contributed by atoms with E-state index in [4.69, 9.17) is 4.74 Å². The zero-order valence-electron chi connectivity index (χ0n) is 13.9. The Morgan fingerprint density at radius 1 is 1.19 bits per heavy atom. The van der Waals surface area contributed by atoms with E-state index in [1.807, 2.05) is 18.2 Å². The van der Waals surface area contributed by atoms with Gasteiger partial charge in [0, 0.05) is 12.6 Å². The molecule has 7 heteroatoms. The molecule has 0 saturated carbocycles. The third kappa shape index (κ3) is 4.67. The second kappa shape index (κ2) is 8.26. The summed E-state index contributed by atoms with van der Waals surface area (Å²) in [6, 6.07) is 16.4. The van der Waals surface area contributed by atoms with Crippen molar-refractivity contribution in [3.8, 4) is 5.75 Å². The number of nitrogens with zero attached hydrogens (tertiary/aromatic N) is 1. The third-order valence-corrected chi connectivity index (χ3v) is 3.69. The van der Waals surface area contributed by atoms with Crippen molar-refractivity contribution in [2.45, 2.75) is 12.7 Å². The van der Waals surface area contributed by atoms with Crippen LogP contribution in [-0.2, 0) is 6.61 Å². The summed E-state index contributed by atoms with van der Waals surface area (Å²) < 4.78 is 18.5. The van der Waals surface area contributed by atoms with Crippen LogP contribution < -0.4 is 10.1 Å². The Kier molecular flexibility index (Phi) is 5.60. The molecule has 3 rings (SSSR count). The van der Waals surface area contributed by atoms with E-state index in [0.717, 1.165) is 5.56 Å². The van der Waals surface area contributed by atoms with Gasteiger partial charge in [0.05, 0.1) is 11.8 Å². The van der Waals surface area contributed by atoms with Gasteiger partial charge < -0.3 is 15.2 Å². The van der Waals surface area contributed by atoms with E-state index in [0.29, 0.717) is 11.4 Å². The number of amides is 1. The largest absolute Gasteiger partial charge is 0.487 e. The molecule has 0 aliphatic rings. The van der Waals surface area contributed by atoms with E-state index in [2.05, 4.69) is 15.5 Å². The van der Waals surface area contributed by atoms with E-state index >= 15 is 0 Å². The van der Waals surface area contributed by atoms with Gasteiger partial charge in [0.1, 0.15) is 23.9 Å². The molecule has 3 aromatic rings. The van der Waals surface area contributed by atoms with Gasteiger partial charge in [0.2, 0.25) is 0 Å². The standard InChI is InChI=1S/C19H18FN3O3/c20-14-7-4-8-16(9-14)26-12-15-10-17(23-22-15)19(25)21-11-18(24)13-5-2-1-3-6-13/h1-10,18,24H,11-12H2,(H,21,25)(H,22,23)/t18-/m0/s1. The van der Waals surface area contributed by atoms with Crippen molar-refractivity contribution >= 4 is 5.91 Å². The zero-order chi connectivity index (χ0) is 18.4. The van der Waals surface area contributed by atoms with Gasteiger partial charge in [0.25, 0.3) is 5.91 Å². The third-order valence-electron chi connectivity index (χ3n) is 3.69. The van der Waals surface area contributed by atoms with Crippen molar-refractivity contribution in [2.24, 2.45) is 0 Å². The quantitative estimate of drug-likeness (QED) is 0.608. The zero-order valence-corrected chi connectivity index (χ0v) is 13.9. The highest BCUT2D eigenvalue weighted by atomic mass is 19.1. The molecule has 1 amide bonds. The number of aromatic amines is 1. The monoisotopic (exact) mass is 355 g/mol. The van der Waals surface area contributed by atoms with Crippen LogP contribution >= 0.6 is 0 Å². The summed E-state index contributed by atoms with van der Waals surface area (Å²) in [5.74, 6) is -0.408. The molecule has 2 aromatic carbocycles. The molecule has 1 atom stereocenters. The predicted octanol–water partition coefficient (Wildman–Crippen LogP) is 2.59. The summed E-state index contributed by atoms with van der Waals surface area (Å²) in [7, 11) is 0. The number of hydrogen-bond acceptors (Lipinski definition) is 4. The van der Waals surface area contributed by atoms with Gasteiger partial charge >= 0.3 is 0 Å². The maximum Gasteiger partial charge on any atom is 0.271 e. The Morgan fingerprint density at radius 3 is 2.77 bits per heavy atom. The summed E-state index contributed by atoms with van der Waals surface area (Å²) in [4.78, 5) is 12.1. The van der Waals surface area contributed by atoms with Crippen LogP contribution in [0.2, 0.25) is 0 Å². The van der Waals surface area contributed by atoms with Crippen LogP contribution in [0, 0.1) is 5.82 Å². The van der Waals surface area contributed by atoms with Crippen LogP contribution in [0.25, 0.3) is 0 Å². The lowest BCUT2D eigenvalue weighted by atomic mass is 10.1. The first-order valence-electron chi connectivity index (χ1n) is 8.05. The molecular formula is C19H18FN3O3. The molecule has 134 valence electrons. The van der Waals surface area contributed by atoms with E-state index in [1.165, 1.54) is 12.1 Å². The highest BCUT2D eigenvalue weighted by Crippen LogP contribution is 2.14. The van der Waals surface area contributed by atoms with E-state index < -0.39 is 12.0 Å². The Hall–Kier alpha value is -3.19. The number of H-pyrrole nitrogens is 1. The normalized spacial score (nSPS) is 11.8. The fourth-order valence-corrected chi connectivity index (χ4v) is 2.34. The number of aliphatic hydroxyl groups is 1. The van der Waals surface area contributed by atoms with E-state index in [-0.39, 0.29) is 24.7 Å². The van der Waals surface area contributed by atoms with Crippen LogP contribution in [0.4, 0.5) is 4.39 Å². The molecule has 1 aromatic heterocycles. The van der Waals surface area contributed by atoms with Gasteiger partial charge in [0.15, 0.2) is 0 Å². The maximum atomic E-state index is 13.1. The van der Waals surface area contributed by atoms with Crippen molar-refractivity contribution in [1.29, 1.82) is 0 Å². The number of aliphatic hydroxyl groups excluding tert-OH is 1. The van der Waals surface area contributed by atoms with Crippen molar-refractivity contribution in [1.82, 2.24) is 15.5 Å². The Bertz CT molecular complexity index is 867. The van der Waals surface area contributed by atoms with Gasteiger partial charge in [-0.15, -0.1) is 0 Å². The number of halogens is 1. The maximum absolute atomic E-state index is 13.1. The lowest BCUT2D eigenvalue weighted by Crippen LogP contribution is -2.28. The number of hydrogen-bond donors (Lipinski definition) is 3. The minimum absolute atomic E-state index is 0.0742. The van der Waals surface area contributed by atoms with Gasteiger partial charge in [-0.25, -0.2) is 4.39 Å². The van der Waals surface area contributed by atoms with Crippen LogP contribution in [0.5, 0.6) is 5.75 Å². The number of carbonyl (C=O) groups excluding carboxylic acids is 1.